The number of nitrogens with one attached hydrogen (secondary N) is 1. The van der Waals surface area contributed by atoms with Gasteiger partial charge in [-0.3, -0.25) is 9.48 Å². The number of hydrogen-bond donors (Lipinski definition) is 1. The molecule has 1 amide bonds. The zero-order chi connectivity index (χ0) is 22.4. The van der Waals surface area contributed by atoms with Gasteiger partial charge in [0.05, 0.1) is 11.7 Å². The molecule has 0 fully saturated rings. The van der Waals surface area contributed by atoms with Crippen molar-refractivity contribution in [3.63, 3.8) is 0 Å². The summed E-state index contributed by atoms with van der Waals surface area (Å²) in [5.74, 6) is -1.06. The van der Waals surface area contributed by atoms with Crippen LogP contribution in [0.2, 0.25) is 0 Å². The summed E-state index contributed by atoms with van der Waals surface area (Å²) in [6, 6.07) is 2.29. The summed E-state index contributed by atoms with van der Waals surface area (Å²) in [6.45, 7) is 4.71. The van der Waals surface area contributed by atoms with E-state index in [1.54, 1.807) is 4.68 Å². The van der Waals surface area contributed by atoms with Crippen molar-refractivity contribution in [3.05, 3.63) is 40.7 Å². The van der Waals surface area contributed by atoms with E-state index in [1.165, 1.54) is 34.6 Å². The highest BCUT2D eigenvalue weighted by molar-refractivity contribution is 7.92. The van der Waals surface area contributed by atoms with Gasteiger partial charge in [-0.05, 0) is 88.7 Å². The summed E-state index contributed by atoms with van der Waals surface area (Å²) >= 11 is 0. The van der Waals surface area contributed by atoms with Crippen molar-refractivity contribution in [1.29, 1.82) is 0 Å². The molecule has 2 aromatic rings. The van der Waals surface area contributed by atoms with E-state index in [0.717, 1.165) is 44.2 Å². The second kappa shape index (κ2) is 8.06. The number of carbonyl (C=O) groups excluding carboxylic acids is 1. The maximum absolute atomic E-state index is 12.9. The highest BCUT2D eigenvalue weighted by atomic mass is 32.2. The van der Waals surface area contributed by atoms with Gasteiger partial charge in [-0.25, -0.2) is 8.42 Å². The van der Waals surface area contributed by atoms with Gasteiger partial charge in [0.25, 0.3) is 0 Å². The van der Waals surface area contributed by atoms with Gasteiger partial charge in [0.15, 0.2) is 9.84 Å². The molecule has 2 aliphatic carbocycles. The molecule has 7 nitrogen and oxygen atoms in total. The molecule has 0 saturated heterocycles. The van der Waals surface area contributed by atoms with Crippen LogP contribution in [0.25, 0.3) is 0 Å². The molecule has 0 radical (unpaired) electrons. The minimum atomic E-state index is -3.78. The van der Waals surface area contributed by atoms with Crippen LogP contribution >= 0.6 is 0 Å². The fourth-order valence-corrected chi connectivity index (χ4v) is 6.10. The summed E-state index contributed by atoms with van der Waals surface area (Å²) < 4.78 is 27.5. The van der Waals surface area contributed by atoms with E-state index in [4.69, 9.17) is 0 Å². The minimum Gasteiger partial charge on any atom is -0.325 e. The first-order chi connectivity index (χ1) is 14.6. The Kier molecular flexibility index (Phi) is 5.72. The number of aromatic nitrogens is 2. The third kappa shape index (κ3) is 4.41. The number of benzene rings is 1. The van der Waals surface area contributed by atoms with E-state index in [9.17, 15) is 13.2 Å². The van der Waals surface area contributed by atoms with Crippen molar-refractivity contribution in [2.75, 3.05) is 31.7 Å². The molecule has 0 saturated carbocycles. The van der Waals surface area contributed by atoms with E-state index in [1.807, 2.05) is 32.8 Å². The highest BCUT2D eigenvalue weighted by Crippen LogP contribution is 2.38. The largest absolute Gasteiger partial charge is 0.325 e. The van der Waals surface area contributed by atoms with Gasteiger partial charge < -0.3 is 10.2 Å². The molecule has 0 unspecified atom stereocenters. The van der Waals surface area contributed by atoms with E-state index in [-0.39, 0.29) is 10.4 Å². The van der Waals surface area contributed by atoms with Gasteiger partial charge in [-0.2, -0.15) is 5.10 Å². The predicted molar refractivity (Wildman–Crippen MR) is 121 cm³/mol. The van der Waals surface area contributed by atoms with Crippen LogP contribution in [0, 0.1) is 0 Å². The summed E-state index contributed by atoms with van der Waals surface area (Å²) in [4.78, 5) is 14.9. The molecule has 0 aliphatic heterocycles. The average molecular weight is 445 g/mol. The molecule has 1 aromatic carbocycles. The van der Waals surface area contributed by atoms with Gasteiger partial charge in [-0.1, -0.05) is 6.07 Å². The molecule has 0 bridgehead atoms. The normalized spacial score (nSPS) is 15.9. The van der Waals surface area contributed by atoms with Crippen molar-refractivity contribution in [2.45, 2.75) is 62.8 Å². The SMILES string of the molecule is CN(C)CC(C)(C)n1cc(S(=O)(=O)CC(=O)Nc2c3c(cc4c2CCC4)CCC3)cn1. The fraction of sp³-hybridized carbons (Fsp3) is 0.565. The lowest BCUT2D eigenvalue weighted by atomic mass is 9.98. The first kappa shape index (κ1) is 22.0. The maximum Gasteiger partial charge on any atom is 0.239 e. The number of likely N-dealkylation sites (N-methyl/N-ethyl adjacent to an activating group) is 1. The zero-order valence-corrected chi connectivity index (χ0v) is 19.7. The van der Waals surface area contributed by atoms with Crippen LogP contribution in [-0.4, -0.2) is 55.4 Å². The Bertz CT molecular complexity index is 1080. The summed E-state index contributed by atoms with van der Waals surface area (Å²) in [7, 11) is 0.141. The van der Waals surface area contributed by atoms with Gasteiger partial charge in [-0.15, -0.1) is 0 Å². The Morgan fingerprint density at radius 3 is 2.32 bits per heavy atom. The Morgan fingerprint density at radius 1 is 1.13 bits per heavy atom. The fourth-order valence-electron chi connectivity index (χ4n) is 5.04. The van der Waals surface area contributed by atoms with Crippen LogP contribution in [-0.2, 0) is 45.9 Å². The molecule has 2 aliphatic rings. The standard InChI is InChI=1S/C23H32N4O3S/c1-23(2,15-26(3)4)27-13-18(12-24-27)31(29,30)14-21(28)25-22-19-9-5-7-16(19)11-17-8-6-10-20(17)22/h11-13H,5-10,14-15H2,1-4H3,(H,25,28). The lowest BCUT2D eigenvalue weighted by molar-refractivity contribution is -0.113. The van der Waals surface area contributed by atoms with Crippen LogP contribution in [0.1, 0.15) is 48.9 Å². The predicted octanol–water partition coefficient (Wildman–Crippen LogP) is 2.57. The van der Waals surface area contributed by atoms with Crippen LogP contribution in [0.4, 0.5) is 5.69 Å². The number of amides is 1. The molecule has 168 valence electrons. The molecule has 0 atom stereocenters. The molecule has 1 aromatic heterocycles. The monoisotopic (exact) mass is 444 g/mol. The number of rotatable bonds is 7. The zero-order valence-electron chi connectivity index (χ0n) is 18.9. The molecule has 8 heteroatoms. The van der Waals surface area contributed by atoms with Crippen molar-refractivity contribution >= 4 is 21.4 Å². The number of carbonyl (C=O) groups is 1. The van der Waals surface area contributed by atoms with Crippen molar-refractivity contribution in [3.8, 4) is 0 Å². The van der Waals surface area contributed by atoms with Gasteiger partial charge in [0.2, 0.25) is 5.91 Å². The number of nitrogens with zero attached hydrogens (tertiary/aromatic N) is 3. The highest BCUT2D eigenvalue weighted by Gasteiger charge is 2.29. The van der Waals surface area contributed by atoms with E-state index >= 15 is 0 Å². The van der Waals surface area contributed by atoms with Gasteiger partial charge >= 0.3 is 0 Å². The van der Waals surface area contributed by atoms with E-state index < -0.39 is 21.5 Å². The van der Waals surface area contributed by atoms with Crippen molar-refractivity contribution < 1.29 is 13.2 Å². The lowest BCUT2D eigenvalue weighted by Crippen LogP contribution is -2.38. The van der Waals surface area contributed by atoms with Gasteiger partial charge in [0, 0.05) is 18.4 Å². The Labute approximate surface area is 184 Å². The molecule has 4 rings (SSSR count). The first-order valence-corrected chi connectivity index (χ1v) is 12.6. The van der Waals surface area contributed by atoms with Crippen LogP contribution in [0.3, 0.4) is 0 Å². The maximum atomic E-state index is 12.9. The third-order valence-corrected chi connectivity index (χ3v) is 7.87. The van der Waals surface area contributed by atoms with Crippen LogP contribution in [0.15, 0.2) is 23.4 Å². The quantitative estimate of drug-likeness (QED) is 0.710. The average Bonchev–Trinajstić information content (AvgIpc) is 3.40. The van der Waals surface area contributed by atoms with Crippen LogP contribution < -0.4 is 5.32 Å². The lowest BCUT2D eigenvalue weighted by Gasteiger charge is -2.28. The minimum absolute atomic E-state index is 0.0815. The Morgan fingerprint density at radius 2 is 1.74 bits per heavy atom. The summed E-state index contributed by atoms with van der Waals surface area (Å²) in [6.07, 6.45) is 9.00. The number of hydrogen-bond acceptors (Lipinski definition) is 5. The molecule has 1 heterocycles. The molecule has 31 heavy (non-hydrogen) atoms. The number of fused-ring (bicyclic) bond motifs is 2. The second-order valence-corrected chi connectivity index (χ2v) is 11.7. The Hall–Kier alpha value is -2.19. The van der Waals surface area contributed by atoms with Crippen molar-refractivity contribution in [2.24, 2.45) is 0 Å². The molecular weight excluding hydrogens is 412 g/mol. The van der Waals surface area contributed by atoms with E-state index in [0.29, 0.717) is 6.54 Å². The smallest absolute Gasteiger partial charge is 0.239 e. The molecule has 1 N–H and O–H groups in total. The van der Waals surface area contributed by atoms with E-state index in [2.05, 4.69) is 16.5 Å². The topological polar surface area (TPSA) is 84.3 Å². The Balaban J connectivity index is 1.53. The summed E-state index contributed by atoms with van der Waals surface area (Å²) in [5.41, 5.74) is 5.52. The van der Waals surface area contributed by atoms with Gasteiger partial charge in [0.1, 0.15) is 10.6 Å². The number of sulfone groups is 1. The summed E-state index contributed by atoms with van der Waals surface area (Å²) in [5, 5.41) is 7.25. The molecular formula is C23H32N4O3S. The molecule has 0 spiro atoms. The van der Waals surface area contributed by atoms with Crippen molar-refractivity contribution in [1.82, 2.24) is 14.7 Å². The third-order valence-electron chi connectivity index (χ3n) is 6.30. The first-order valence-electron chi connectivity index (χ1n) is 11.0. The number of aryl methyl sites for hydroxylation is 2. The van der Waals surface area contributed by atoms with Crippen LogP contribution in [0.5, 0.6) is 0 Å². The second-order valence-electron chi connectivity index (χ2n) is 9.71. The number of anilines is 1.